The van der Waals surface area contributed by atoms with Gasteiger partial charge in [-0.15, -0.1) is 0 Å². The lowest BCUT2D eigenvalue weighted by atomic mass is 10.0. The molecule has 1 heterocycles. The summed E-state index contributed by atoms with van der Waals surface area (Å²) in [6.45, 7) is 5.66. The van der Waals surface area contributed by atoms with Crippen LogP contribution in [0.5, 0.6) is 11.5 Å². The first-order valence-electron chi connectivity index (χ1n) is 8.97. The van der Waals surface area contributed by atoms with Gasteiger partial charge in [0.25, 0.3) is 0 Å². The zero-order valence-electron chi connectivity index (χ0n) is 15.7. The highest BCUT2D eigenvalue weighted by Gasteiger charge is 2.26. The second-order valence-corrected chi connectivity index (χ2v) is 7.08. The summed E-state index contributed by atoms with van der Waals surface area (Å²) in [5.74, 6) is 2.03. The lowest BCUT2D eigenvalue weighted by molar-refractivity contribution is -0.133. The predicted molar refractivity (Wildman–Crippen MR) is 100 cm³/mol. The first kappa shape index (κ1) is 19.4. The van der Waals surface area contributed by atoms with Crippen molar-refractivity contribution >= 4 is 11.6 Å². The predicted octanol–water partition coefficient (Wildman–Crippen LogP) is 2.48. The molecule has 0 radical (unpaired) electrons. The Hall–Kier alpha value is -1.95. The number of hydrogen-bond acceptors (Lipinski definition) is 5. The molecule has 1 saturated heterocycles. The van der Waals surface area contributed by atoms with Crippen LogP contribution >= 0.6 is 0 Å². The summed E-state index contributed by atoms with van der Waals surface area (Å²) in [6, 6.07) is 5.70. The third-order valence-electron chi connectivity index (χ3n) is 4.57. The number of anilines is 1. The molecule has 0 aliphatic carbocycles. The molecule has 1 atom stereocenters. The Balaban J connectivity index is 1.89. The van der Waals surface area contributed by atoms with Crippen molar-refractivity contribution in [1.29, 1.82) is 0 Å². The van der Waals surface area contributed by atoms with E-state index in [9.17, 15) is 4.79 Å². The number of methoxy groups -OCH3 is 2. The number of likely N-dealkylation sites (tertiary alicyclic amines) is 1. The van der Waals surface area contributed by atoms with Gasteiger partial charge in [0.1, 0.15) is 11.5 Å². The first-order valence-corrected chi connectivity index (χ1v) is 8.97. The van der Waals surface area contributed by atoms with E-state index in [0.29, 0.717) is 12.0 Å². The van der Waals surface area contributed by atoms with E-state index in [0.717, 1.165) is 49.5 Å². The molecule has 1 aliphatic rings. The fourth-order valence-corrected chi connectivity index (χ4v) is 3.21. The van der Waals surface area contributed by atoms with Crippen molar-refractivity contribution in [3.63, 3.8) is 0 Å². The molecule has 1 aromatic rings. The number of rotatable bonds is 7. The van der Waals surface area contributed by atoms with Gasteiger partial charge in [-0.05, 0) is 25.2 Å². The highest BCUT2D eigenvalue weighted by Crippen LogP contribution is 2.27. The first-order chi connectivity index (χ1) is 11.9. The molecule has 0 spiro atoms. The van der Waals surface area contributed by atoms with Crippen molar-refractivity contribution in [2.45, 2.75) is 45.2 Å². The van der Waals surface area contributed by atoms with Crippen LogP contribution in [0.15, 0.2) is 18.2 Å². The quantitative estimate of drug-likeness (QED) is 0.791. The van der Waals surface area contributed by atoms with Crippen LogP contribution in [0.25, 0.3) is 0 Å². The summed E-state index contributed by atoms with van der Waals surface area (Å²) in [6.07, 6.45) is 2.54. The van der Waals surface area contributed by atoms with Gasteiger partial charge in [-0.2, -0.15) is 0 Å². The average molecular weight is 349 g/mol. The van der Waals surface area contributed by atoms with Gasteiger partial charge in [-0.3, -0.25) is 4.79 Å². The van der Waals surface area contributed by atoms with Gasteiger partial charge >= 0.3 is 0 Å². The second-order valence-electron chi connectivity index (χ2n) is 7.08. The number of piperidine rings is 1. The van der Waals surface area contributed by atoms with Crippen LogP contribution in [0.4, 0.5) is 5.69 Å². The van der Waals surface area contributed by atoms with E-state index < -0.39 is 0 Å². The molecule has 1 amide bonds. The number of amides is 1. The molecule has 25 heavy (non-hydrogen) atoms. The van der Waals surface area contributed by atoms with Crippen LogP contribution in [0.1, 0.15) is 33.1 Å². The number of ether oxygens (including phenoxy) is 2. The molecular formula is C19H31N3O3. The number of carbonyl (C=O) groups is 1. The molecule has 1 aliphatic heterocycles. The summed E-state index contributed by atoms with van der Waals surface area (Å²) in [5, 5.41) is 3.52. The standard InChI is InChI=1S/C19H31N3O3/c1-13(2)9-18(20)19(23)22-7-5-14(6-8-22)21-15-10-16(24-3)12-17(11-15)25-4/h10-14,18,21H,5-9,20H2,1-4H3/t18-/m0/s1. The molecule has 1 fully saturated rings. The van der Waals surface area contributed by atoms with Gasteiger partial charge in [0.15, 0.2) is 0 Å². The summed E-state index contributed by atoms with van der Waals surface area (Å²) in [5.41, 5.74) is 7.01. The largest absolute Gasteiger partial charge is 0.497 e. The minimum atomic E-state index is -0.382. The SMILES string of the molecule is COc1cc(NC2CCN(C(=O)[C@@H](N)CC(C)C)CC2)cc(OC)c1. The number of carbonyl (C=O) groups excluding carboxylic acids is 1. The molecule has 0 unspecified atom stereocenters. The van der Waals surface area contributed by atoms with Crippen molar-refractivity contribution in [3.8, 4) is 11.5 Å². The fourth-order valence-electron chi connectivity index (χ4n) is 3.21. The van der Waals surface area contributed by atoms with Crippen LogP contribution in [-0.4, -0.2) is 50.2 Å². The number of benzene rings is 1. The molecule has 2 rings (SSSR count). The summed E-state index contributed by atoms with van der Waals surface area (Å²) in [4.78, 5) is 14.3. The minimum Gasteiger partial charge on any atom is -0.497 e. The van der Waals surface area contributed by atoms with Gasteiger partial charge in [0.05, 0.1) is 20.3 Å². The Morgan fingerprint density at radius 2 is 1.76 bits per heavy atom. The molecular weight excluding hydrogens is 318 g/mol. The maximum atomic E-state index is 12.4. The highest BCUT2D eigenvalue weighted by molar-refractivity contribution is 5.81. The van der Waals surface area contributed by atoms with Crippen LogP contribution in [-0.2, 0) is 4.79 Å². The van der Waals surface area contributed by atoms with Gasteiger partial charge in [-0.1, -0.05) is 13.8 Å². The van der Waals surface area contributed by atoms with Gasteiger partial charge in [0, 0.05) is 43.0 Å². The third-order valence-corrected chi connectivity index (χ3v) is 4.57. The topological polar surface area (TPSA) is 76.8 Å². The zero-order valence-corrected chi connectivity index (χ0v) is 15.7. The van der Waals surface area contributed by atoms with Gasteiger partial charge in [-0.25, -0.2) is 0 Å². The number of hydrogen-bond donors (Lipinski definition) is 2. The Morgan fingerprint density at radius 1 is 1.20 bits per heavy atom. The van der Waals surface area contributed by atoms with Crippen LogP contribution in [0, 0.1) is 5.92 Å². The van der Waals surface area contributed by atoms with E-state index in [4.69, 9.17) is 15.2 Å². The summed E-state index contributed by atoms with van der Waals surface area (Å²) >= 11 is 0. The Morgan fingerprint density at radius 3 is 2.24 bits per heavy atom. The minimum absolute atomic E-state index is 0.0789. The maximum Gasteiger partial charge on any atom is 0.239 e. The monoisotopic (exact) mass is 349 g/mol. The Labute approximate surface area is 150 Å². The lowest BCUT2D eigenvalue weighted by Gasteiger charge is -2.34. The number of nitrogens with one attached hydrogen (secondary N) is 1. The van der Waals surface area contributed by atoms with E-state index in [-0.39, 0.29) is 11.9 Å². The van der Waals surface area contributed by atoms with E-state index in [1.165, 1.54) is 0 Å². The van der Waals surface area contributed by atoms with E-state index in [2.05, 4.69) is 19.2 Å². The summed E-state index contributed by atoms with van der Waals surface area (Å²) < 4.78 is 10.6. The van der Waals surface area contributed by atoms with Crippen molar-refractivity contribution in [2.75, 3.05) is 32.6 Å². The molecule has 140 valence electrons. The smallest absolute Gasteiger partial charge is 0.239 e. The molecule has 0 bridgehead atoms. The van der Waals surface area contributed by atoms with Crippen molar-refractivity contribution in [3.05, 3.63) is 18.2 Å². The molecule has 6 heteroatoms. The van der Waals surface area contributed by atoms with Crippen LogP contribution in [0.3, 0.4) is 0 Å². The third kappa shape index (κ3) is 5.53. The van der Waals surface area contributed by atoms with Crippen LogP contribution in [0.2, 0.25) is 0 Å². The van der Waals surface area contributed by atoms with E-state index in [1.807, 2.05) is 23.1 Å². The number of nitrogens with two attached hydrogens (primary N) is 1. The van der Waals surface area contributed by atoms with Crippen LogP contribution < -0.4 is 20.5 Å². The molecule has 0 saturated carbocycles. The summed E-state index contributed by atoms with van der Waals surface area (Å²) in [7, 11) is 3.28. The molecule has 1 aromatic carbocycles. The lowest BCUT2D eigenvalue weighted by Crippen LogP contribution is -2.49. The van der Waals surface area contributed by atoms with Gasteiger partial charge in [0.2, 0.25) is 5.91 Å². The number of nitrogens with zero attached hydrogens (tertiary/aromatic N) is 1. The molecule has 0 aromatic heterocycles. The van der Waals surface area contributed by atoms with Crippen molar-refractivity contribution < 1.29 is 14.3 Å². The van der Waals surface area contributed by atoms with Crippen molar-refractivity contribution in [1.82, 2.24) is 4.90 Å². The highest BCUT2D eigenvalue weighted by atomic mass is 16.5. The second kappa shape index (κ2) is 8.94. The Bertz CT molecular complexity index is 547. The Kier molecular flexibility index (Phi) is 6.93. The normalized spacial score (nSPS) is 16.6. The van der Waals surface area contributed by atoms with Crippen molar-refractivity contribution in [2.24, 2.45) is 11.7 Å². The molecule has 6 nitrogen and oxygen atoms in total. The van der Waals surface area contributed by atoms with Gasteiger partial charge < -0.3 is 25.4 Å². The average Bonchev–Trinajstić information content (AvgIpc) is 2.60. The van der Waals surface area contributed by atoms with E-state index >= 15 is 0 Å². The molecule has 3 N–H and O–H groups in total. The fraction of sp³-hybridized carbons (Fsp3) is 0.632. The van der Waals surface area contributed by atoms with E-state index in [1.54, 1.807) is 14.2 Å². The maximum absolute atomic E-state index is 12.4. The zero-order chi connectivity index (χ0) is 18.4.